The summed E-state index contributed by atoms with van der Waals surface area (Å²) in [5.41, 5.74) is 0. The number of hydrogen-bond donors (Lipinski definition) is 4. The lowest BCUT2D eigenvalue weighted by Gasteiger charge is -2.09. The van der Waals surface area contributed by atoms with Crippen LogP contribution in [0.2, 0.25) is 0 Å². The van der Waals surface area contributed by atoms with E-state index in [2.05, 4.69) is 49.0 Å². The maximum absolute atomic E-state index is 11.4. The molecule has 39 heavy (non-hydrogen) atoms. The van der Waals surface area contributed by atoms with Gasteiger partial charge in [-0.1, -0.05) is 67.2 Å². The molecule has 0 aromatic carbocycles. The van der Waals surface area contributed by atoms with Crippen LogP contribution in [-0.2, 0) is 19.1 Å². The van der Waals surface area contributed by atoms with Gasteiger partial charge in [0.1, 0.15) is 6.61 Å². The average molecular weight is 569 g/mol. The number of carbonyl (C=O) groups is 2. The monoisotopic (exact) mass is 569 g/mol. The van der Waals surface area contributed by atoms with Crippen LogP contribution in [0.25, 0.3) is 0 Å². The Morgan fingerprint density at radius 3 is 1.56 bits per heavy atom. The highest BCUT2D eigenvalue weighted by atomic mass is 16.5. The minimum absolute atomic E-state index is 0. The zero-order valence-electron chi connectivity index (χ0n) is 27.4. The summed E-state index contributed by atoms with van der Waals surface area (Å²) >= 11 is 0. The SMILES string of the molecule is CC.CC(C)NCCCCNC(=O)CCCOC(C)C.CCOCC(=O)NCCCCCCCCNC(C)C.[HH].[HH].[HH].[HH]. The van der Waals surface area contributed by atoms with Gasteiger partial charge in [0.2, 0.25) is 11.8 Å². The molecule has 0 aliphatic rings. The summed E-state index contributed by atoms with van der Waals surface area (Å²) in [6, 6.07) is 1.14. The van der Waals surface area contributed by atoms with Crippen molar-refractivity contribution in [2.24, 2.45) is 0 Å². The topological polar surface area (TPSA) is 101 Å². The molecule has 0 atom stereocenters. The van der Waals surface area contributed by atoms with Gasteiger partial charge in [0.25, 0.3) is 0 Å². The molecule has 0 bridgehead atoms. The lowest BCUT2D eigenvalue weighted by Crippen LogP contribution is -2.28. The van der Waals surface area contributed by atoms with Crippen LogP contribution in [0.15, 0.2) is 0 Å². The van der Waals surface area contributed by atoms with Crippen molar-refractivity contribution in [3.05, 3.63) is 0 Å². The Labute approximate surface area is 248 Å². The number of nitrogens with one attached hydrogen (secondary N) is 4. The van der Waals surface area contributed by atoms with E-state index in [1.54, 1.807) is 0 Å². The van der Waals surface area contributed by atoms with Crippen molar-refractivity contribution in [1.82, 2.24) is 21.3 Å². The molecule has 8 heteroatoms. The standard InChI is InChI=1S/C15H32N2O2.C14H30N2O2.C2H6.4H2/c1-4-19-13-15(18)17-12-10-8-6-5-7-9-11-16-14(2)3;1-12(2)15-9-5-6-10-16-14(17)8-7-11-18-13(3)4;1-2;;;;/h14,16H,4-13H2,1-3H3,(H,17,18);12-13,15H,5-11H2,1-4H3,(H,16,17);1-2H3;4*1H. The van der Waals surface area contributed by atoms with Crippen molar-refractivity contribution in [2.75, 3.05) is 46.0 Å². The van der Waals surface area contributed by atoms with Gasteiger partial charge in [-0.05, 0) is 66.0 Å². The summed E-state index contributed by atoms with van der Waals surface area (Å²) in [6.45, 7) is 23.7. The summed E-state index contributed by atoms with van der Waals surface area (Å²) < 4.78 is 10.4. The third-order valence-electron chi connectivity index (χ3n) is 5.39. The fraction of sp³-hybridized carbons (Fsp3) is 0.935. The van der Waals surface area contributed by atoms with E-state index < -0.39 is 0 Å². The van der Waals surface area contributed by atoms with E-state index in [4.69, 9.17) is 9.47 Å². The highest BCUT2D eigenvalue weighted by molar-refractivity contribution is 5.77. The lowest BCUT2D eigenvalue weighted by molar-refractivity contribution is -0.125. The third kappa shape index (κ3) is 44.1. The lowest BCUT2D eigenvalue weighted by atomic mass is 10.1. The molecule has 0 spiro atoms. The number of unbranched alkanes of at least 4 members (excludes halogenated alkanes) is 6. The minimum atomic E-state index is 0. The number of rotatable bonds is 24. The third-order valence-corrected chi connectivity index (χ3v) is 5.39. The van der Waals surface area contributed by atoms with Gasteiger partial charge in [-0.15, -0.1) is 0 Å². The molecule has 0 saturated heterocycles. The van der Waals surface area contributed by atoms with E-state index in [1.807, 2.05) is 34.6 Å². The molecule has 0 heterocycles. The fourth-order valence-corrected chi connectivity index (χ4v) is 3.33. The Morgan fingerprint density at radius 2 is 1.08 bits per heavy atom. The van der Waals surface area contributed by atoms with Crippen molar-refractivity contribution < 1.29 is 24.8 Å². The molecule has 0 aliphatic heterocycles. The second-order valence-corrected chi connectivity index (χ2v) is 10.4. The van der Waals surface area contributed by atoms with E-state index in [1.165, 1.54) is 32.1 Å². The molecular formula is C31H76N4O4. The summed E-state index contributed by atoms with van der Waals surface area (Å²) in [6.07, 6.45) is 11.2. The van der Waals surface area contributed by atoms with Gasteiger partial charge >= 0.3 is 0 Å². The van der Waals surface area contributed by atoms with Crippen LogP contribution < -0.4 is 21.3 Å². The summed E-state index contributed by atoms with van der Waals surface area (Å²) in [5.74, 6) is 0.140. The van der Waals surface area contributed by atoms with E-state index in [9.17, 15) is 9.59 Å². The van der Waals surface area contributed by atoms with Crippen molar-refractivity contribution in [2.45, 2.75) is 145 Å². The maximum atomic E-state index is 11.4. The molecule has 244 valence electrons. The Hall–Kier alpha value is -1.22. The molecule has 0 radical (unpaired) electrons. The van der Waals surface area contributed by atoms with Gasteiger partial charge in [-0.2, -0.15) is 0 Å². The van der Waals surface area contributed by atoms with Crippen LogP contribution in [0, 0.1) is 0 Å². The van der Waals surface area contributed by atoms with Gasteiger partial charge in [-0.3, -0.25) is 9.59 Å². The zero-order chi connectivity index (χ0) is 30.2. The van der Waals surface area contributed by atoms with Gasteiger partial charge < -0.3 is 30.7 Å². The number of carbonyl (C=O) groups excluding carboxylic acids is 2. The molecule has 0 unspecified atom stereocenters. The van der Waals surface area contributed by atoms with Crippen molar-refractivity contribution in [3.8, 4) is 0 Å². The van der Waals surface area contributed by atoms with Crippen molar-refractivity contribution in [1.29, 1.82) is 0 Å². The molecular weight excluding hydrogens is 492 g/mol. The fourth-order valence-electron chi connectivity index (χ4n) is 3.33. The normalized spacial score (nSPS) is 10.7. The predicted molar refractivity (Wildman–Crippen MR) is 176 cm³/mol. The first-order chi connectivity index (χ1) is 18.7. The van der Waals surface area contributed by atoms with Gasteiger partial charge in [0.15, 0.2) is 0 Å². The van der Waals surface area contributed by atoms with Gasteiger partial charge in [0, 0.05) is 50.5 Å². The molecule has 0 saturated carbocycles. The minimum Gasteiger partial charge on any atom is -0.379 e. The first kappa shape index (κ1) is 42.2. The predicted octanol–water partition coefficient (Wildman–Crippen LogP) is 6.57. The van der Waals surface area contributed by atoms with Crippen LogP contribution in [-0.4, -0.2) is 76.0 Å². The molecule has 8 nitrogen and oxygen atoms in total. The number of amides is 2. The van der Waals surface area contributed by atoms with Crippen molar-refractivity contribution >= 4 is 11.8 Å². The van der Waals surface area contributed by atoms with E-state index in [0.717, 1.165) is 51.9 Å². The van der Waals surface area contributed by atoms with Gasteiger partial charge in [-0.25, -0.2) is 0 Å². The zero-order valence-corrected chi connectivity index (χ0v) is 27.4. The Bertz CT molecular complexity index is 522. The summed E-state index contributed by atoms with van der Waals surface area (Å²) in [5, 5.41) is 12.6. The van der Waals surface area contributed by atoms with E-state index >= 15 is 0 Å². The van der Waals surface area contributed by atoms with Crippen LogP contribution in [0.5, 0.6) is 0 Å². The Kier molecular flexibility index (Phi) is 37.7. The molecule has 0 aromatic heterocycles. The highest BCUT2D eigenvalue weighted by Crippen LogP contribution is 2.04. The van der Waals surface area contributed by atoms with Crippen LogP contribution in [0.1, 0.15) is 132 Å². The Morgan fingerprint density at radius 1 is 0.641 bits per heavy atom. The average Bonchev–Trinajstić information content (AvgIpc) is 2.89. The molecule has 0 aliphatic carbocycles. The molecule has 0 fully saturated rings. The maximum Gasteiger partial charge on any atom is 0.245 e. The second kappa shape index (κ2) is 34.8. The second-order valence-electron chi connectivity index (χ2n) is 10.4. The van der Waals surface area contributed by atoms with E-state index in [-0.39, 0.29) is 30.2 Å². The smallest absolute Gasteiger partial charge is 0.245 e. The number of hydrogen-bond acceptors (Lipinski definition) is 6. The largest absolute Gasteiger partial charge is 0.379 e. The van der Waals surface area contributed by atoms with Crippen LogP contribution in [0.4, 0.5) is 0 Å². The Balaban J connectivity index is -0.000000105. The molecule has 4 N–H and O–H groups in total. The first-order valence-corrected chi connectivity index (χ1v) is 15.9. The summed E-state index contributed by atoms with van der Waals surface area (Å²) in [4.78, 5) is 22.7. The number of ether oxygens (including phenoxy) is 2. The first-order valence-electron chi connectivity index (χ1n) is 15.9. The molecule has 0 rings (SSSR count). The van der Waals surface area contributed by atoms with E-state index in [0.29, 0.717) is 31.7 Å². The van der Waals surface area contributed by atoms with Crippen LogP contribution in [0.3, 0.4) is 0 Å². The quantitative estimate of drug-likeness (QED) is 0.0982. The molecule has 2 amide bonds. The van der Waals surface area contributed by atoms with Gasteiger partial charge in [0.05, 0.1) is 6.10 Å². The molecule has 0 aromatic rings. The highest BCUT2D eigenvalue weighted by Gasteiger charge is 2.02. The van der Waals surface area contributed by atoms with Crippen LogP contribution >= 0.6 is 0 Å². The van der Waals surface area contributed by atoms with Crippen molar-refractivity contribution in [3.63, 3.8) is 0 Å². The summed E-state index contributed by atoms with van der Waals surface area (Å²) in [7, 11) is 0.